The first-order valence-corrected chi connectivity index (χ1v) is 7.91. The number of guanidine groups is 1. The molecule has 1 N–H and O–H groups in total. The topological polar surface area (TPSA) is 47.9 Å². The van der Waals surface area contributed by atoms with Gasteiger partial charge < -0.3 is 15.1 Å². The normalized spacial score (nSPS) is 14.6. The van der Waals surface area contributed by atoms with Gasteiger partial charge in [0, 0.05) is 33.7 Å². The van der Waals surface area contributed by atoms with E-state index < -0.39 is 5.82 Å². The number of amides is 1. The molecule has 5 nitrogen and oxygen atoms in total. The standard InChI is InChI=1S/C16H22ClFN4O/c1-21(2)15(23)9-19-16(20-12-5-6-12)22(3)10-11-4-7-13(17)14(18)8-11/h4,7-8,12H,5-6,9-10H2,1-3H3,(H,19,20). The second-order valence-electron chi connectivity index (χ2n) is 5.95. The summed E-state index contributed by atoms with van der Waals surface area (Å²) in [6.07, 6.45) is 2.20. The Labute approximate surface area is 141 Å². The fraction of sp³-hybridized carbons (Fsp3) is 0.500. The van der Waals surface area contributed by atoms with Gasteiger partial charge in [-0.1, -0.05) is 17.7 Å². The zero-order valence-electron chi connectivity index (χ0n) is 13.6. The van der Waals surface area contributed by atoms with Crippen LogP contribution in [-0.4, -0.2) is 55.4 Å². The van der Waals surface area contributed by atoms with Crippen molar-refractivity contribution < 1.29 is 9.18 Å². The SMILES string of the molecule is CN(C)C(=O)CN=C(NC1CC1)N(C)Cc1ccc(Cl)c(F)c1. The van der Waals surface area contributed by atoms with Crippen LogP contribution >= 0.6 is 11.6 Å². The van der Waals surface area contributed by atoms with Crippen LogP contribution in [0.2, 0.25) is 5.02 Å². The summed E-state index contributed by atoms with van der Waals surface area (Å²) >= 11 is 5.70. The third-order valence-electron chi connectivity index (χ3n) is 3.54. The summed E-state index contributed by atoms with van der Waals surface area (Å²) in [5.74, 6) is 0.151. The third kappa shape index (κ3) is 5.39. The number of nitrogens with one attached hydrogen (secondary N) is 1. The summed E-state index contributed by atoms with van der Waals surface area (Å²) in [5, 5.41) is 3.43. The Morgan fingerprint density at radius 2 is 2.09 bits per heavy atom. The first kappa shape index (κ1) is 17.5. The summed E-state index contributed by atoms with van der Waals surface area (Å²) in [6.45, 7) is 0.560. The highest BCUT2D eigenvalue weighted by Crippen LogP contribution is 2.20. The van der Waals surface area contributed by atoms with Crippen molar-refractivity contribution in [2.24, 2.45) is 4.99 Å². The number of hydrogen-bond acceptors (Lipinski definition) is 2. The summed E-state index contributed by atoms with van der Waals surface area (Å²) in [6, 6.07) is 5.15. The minimum Gasteiger partial charge on any atom is -0.353 e. The number of rotatable bonds is 5. The van der Waals surface area contributed by atoms with Gasteiger partial charge in [0.05, 0.1) is 5.02 Å². The molecule has 0 heterocycles. The summed E-state index contributed by atoms with van der Waals surface area (Å²) in [5.41, 5.74) is 0.790. The quantitative estimate of drug-likeness (QED) is 0.659. The molecule has 0 aliphatic heterocycles. The van der Waals surface area contributed by atoms with Crippen molar-refractivity contribution in [3.8, 4) is 0 Å². The molecular formula is C16H22ClFN4O. The van der Waals surface area contributed by atoms with Gasteiger partial charge in [-0.3, -0.25) is 4.79 Å². The summed E-state index contributed by atoms with van der Waals surface area (Å²) in [4.78, 5) is 19.5. The molecule has 1 aliphatic rings. The number of hydrogen-bond donors (Lipinski definition) is 1. The Bertz CT molecular complexity index is 602. The van der Waals surface area contributed by atoms with Crippen LogP contribution in [0.25, 0.3) is 0 Å². The van der Waals surface area contributed by atoms with Gasteiger partial charge in [0.15, 0.2) is 5.96 Å². The smallest absolute Gasteiger partial charge is 0.243 e. The highest BCUT2D eigenvalue weighted by molar-refractivity contribution is 6.30. The van der Waals surface area contributed by atoms with Crippen LogP contribution in [-0.2, 0) is 11.3 Å². The monoisotopic (exact) mass is 340 g/mol. The average Bonchev–Trinajstić information content (AvgIpc) is 3.30. The van der Waals surface area contributed by atoms with Gasteiger partial charge in [-0.2, -0.15) is 0 Å². The molecule has 1 aromatic rings. The molecule has 0 saturated heterocycles. The predicted molar refractivity (Wildman–Crippen MR) is 90.0 cm³/mol. The van der Waals surface area contributed by atoms with Crippen molar-refractivity contribution in [1.82, 2.24) is 15.1 Å². The van der Waals surface area contributed by atoms with Crippen LogP contribution in [0.5, 0.6) is 0 Å². The number of likely N-dealkylation sites (N-methyl/N-ethyl adjacent to an activating group) is 1. The highest BCUT2D eigenvalue weighted by Gasteiger charge is 2.24. The average molecular weight is 341 g/mol. The number of halogens is 2. The molecule has 23 heavy (non-hydrogen) atoms. The van der Waals surface area contributed by atoms with E-state index in [9.17, 15) is 9.18 Å². The molecule has 1 fully saturated rings. The highest BCUT2D eigenvalue weighted by atomic mass is 35.5. The largest absolute Gasteiger partial charge is 0.353 e. The van der Waals surface area contributed by atoms with Crippen LogP contribution < -0.4 is 5.32 Å². The van der Waals surface area contributed by atoms with E-state index >= 15 is 0 Å². The maximum absolute atomic E-state index is 13.5. The first-order valence-electron chi connectivity index (χ1n) is 7.53. The van der Waals surface area contributed by atoms with Crippen molar-refractivity contribution in [3.63, 3.8) is 0 Å². The molecule has 2 rings (SSSR count). The van der Waals surface area contributed by atoms with E-state index in [4.69, 9.17) is 11.6 Å². The molecule has 0 bridgehead atoms. The van der Waals surface area contributed by atoms with Gasteiger partial charge in [-0.25, -0.2) is 9.38 Å². The van der Waals surface area contributed by atoms with Crippen molar-refractivity contribution in [2.45, 2.75) is 25.4 Å². The fourth-order valence-corrected chi connectivity index (χ4v) is 2.08. The number of benzene rings is 1. The lowest BCUT2D eigenvalue weighted by Gasteiger charge is -2.23. The Balaban J connectivity index is 2.05. The molecule has 0 aromatic heterocycles. The zero-order chi connectivity index (χ0) is 17.0. The van der Waals surface area contributed by atoms with Gasteiger partial charge in [-0.15, -0.1) is 0 Å². The maximum Gasteiger partial charge on any atom is 0.243 e. The van der Waals surface area contributed by atoms with Gasteiger partial charge >= 0.3 is 0 Å². The van der Waals surface area contributed by atoms with E-state index in [1.807, 2.05) is 11.9 Å². The lowest BCUT2D eigenvalue weighted by Crippen LogP contribution is -2.40. The van der Waals surface area contributed by atoms with Crippen LogP contribution in [0.4, 0.5) is 4.39 Å². The van der Waals surface area contributed by atoms with E-state index in [-0.39, 0.29) is 17.5 Å². The van der Waals surface area contributed by atoms with Crippen LogP contribution in [0.15, 0.2) is 23.2 Å². The molecule has 126 valence electrons. The van der Waals surface area contributed by atoms with E-state index in [0.29, 0.717) is 18.5 Å². The van der Waals surface area contributed by atoms with Crippen molar-refractivity contribution in [3.05, 3.63) is 34.6 Å². The zero-order valence-corrected chi connectivity index (χ0v) is 14.4. The van der Waals surface area contributed by atoms with Crippen LogP contribution in [0.3, 0.4) is 0 Å². The Hall–Kier alpha value is -1.82. The van der Waals surface area contributed by atoms with Crippen LogP contribution in [0, 0.1) is 5.82 Å². The maximum atomic E-state index is 13.5. The van der Waals surface area contributed by atoms with E-state index in [2.05, 4.69) is 10.3 Å². The molecule has 1 saturated carbocycles. The first-order chi connectivity index (χ1) is 10.9. The van der Waals surface area contributed by atoms with Crippen molar-refractivity contribution >= 4 is 23.5 Å². The minimum atomic E-state index is -0.436. The van der Waals surface area contributed by atoms with Crippen molar-refractivity contribution in [1.29, 1.82) is 0 Å². The molecule has 0 spiro atoms. The minimum absolute atomic E-state index is 0.0639. The summed E-state index contributed by atoms with van der Waals surface area (Å²) < 4.78 is 13.5. The second kappa shape index (κ2) is 7.64. The van der Waals surface area contributed by atoms with Gasteiger partial charge in [-0.05, 0) is 30.5 Å². The third-order valence-corrected chi connectivity index (χ3v) is 3.85. The summed E-state index contributed by atoms with van der Waals surface area (Å²) in [7, 11) is 5.26. The number of nitrogens with zero attached hydrogens (tertiary/aromatic N) is 3. The lowest BCUT2D eigenvalue weighted by molar-refractivity contribution is -0.127. The van der Waals surface area contributed by atoms with E-state index in [0.717, 1.165) is 18.4 Å². The molecule has 1 aromatic carbocycles. The van der Waals surface area contributed by atoms with E-state index in [1.54, 1.807) is 26.2 Å². The Kier molecular flexibility index (Phi) is 5.82. The van der Waals surface area contributed by atoms with E-state index in [1.165, 1.54) is 11.0 Å². The number of carbonyl (C=O) groups is 1. The molecule has 1 amide bonds. The number of carbonyl (C=O) groups excluding carboxylic acids is 1. The van der Waals surface area contributed by atoms with Gasteiger partial charge in [0.25, 0.3) is 0 Å². The van der Waals surface area contributed by atoms with Crippen molar-refractivity contribution in [2.75, 3.05) is 27.7 Å². The Morgan fingerprint density at radius 1 is 1.39 bits per heavy atom. The molecule has 0 radical (unpaired) electrons. The van der Waals surface area contributed by atoms with Gasteiger partial charge in [0.2, 0.25) is 5.91 Å². The number of aliphatic imine (C=N–C) groups is 1. The van der Waals surface area contributed by atoms with Gasteiger partial charge in [0.1, 0.15) is 12.4 Å². The molecular weight excluding hydrogens is 319 g/mol. The Morgan fingerprint density at radius 3 is 2.65 bits per heavy atom. The molecule has 7 heteroatoms. The predicted octanol–water partition coefficient (Wildman–Crippen LogP) is 2.11. The second-order valence-corrected chi connectivity index (χ2v) is 6.36. The van der Waals surface area contributed by atoms with Crippen LogP contribution in [0.1, 0.15) is 18.4 Å². The molecule has 1 aliphatic carbocycles. The fourth-order valence-electron chi connectivity index (χ4n) is 1.96. The molecule has 0 unspecified atom stereocenters. The lowest BCUT2D eigenvalue weighted by atomic mass is 10.2. The molecule has 0 atom stereocenters.